The monoisotopic (exact) mass is 375 g/mol. The second kappa shape index (κ2) is 8.59. The fraction of sp³-hybridized carbons (Fsp3) is 0.263. The molecule has 0 fully saturated rings. The van der Waals surface area contributed by atoms with Crippen molar-refractivity contribution in [3.63, 3.8) is 0 Å². The summed E-state index contributed by atoms with van der Waals surface area (Å²) in [4.78, 5) is 6.38. The molecule has 0 radical (unpaired) electrons. The van der Waals surface area contributed by atoms with Gasteiger partial charge in [0.2, 0.25) is 11.7 Å². The molecule has 3 aromatic rings. The van der Waals surface area contributed by atoms with Gasteiger partial charge in [0.25, 0.3) is 0 Å². The smallest absolute Gasteiger partial charge is 0.387 e. The first-order valence-corrected chi connectivity index (χ1v) is 8.23. The lowest BCUT2D eigenvalue weighted by molar-refractivity contribution is -0.0498. The molecule has 3 rings (SSSR count). The molecule has 0 aliphatic heterocycles. The summed E-state index contributed by atoms with van der Waals surface area (Å²) < 4.78 is 39.1. The summed E-state index contributed by atoms with van der Waals surface area (Å²) in [6, 6.07) is 13.9. The quantitative estimate of drug-likeness (QED) is 0.594. The molecule has 1 heterocycles. The van der Waals surface area contributed by atoms with Crippen molar-refractivity contribution in [3.8, 4) is 22.9 Å². The van der Waals surface area contributed by atoms with E-state index in [1.54, 1.807) is 19.2 Å². The largest absolute Gasteiger partial charge is 0.497 e. The van der Waals surface area contributed by atoms with Crippen molar-refractivity contribution in [2.24, 2.45) is 0 Å². The van der Waals surface area contributed by atoms with Crippen LogP contribution in [0.3, 0.4) is 0 Å². The van der Waals surface area contributed by atoms with Crippen molar-refractivity contribution in [2.75, 3.05) is 14.2 Å². The van der Waals surface area contributed by atoms with Gasteiger partial charge in [-0.3, -0.25) is 4.90 Å². The van der Waals surface area contributed by atoms with Gasteiger partial charge in [0.05, 0.1) is 13.7 Å². The molecule has 0 aliphatic carbocycles. The van der Waals surface area contributed by atoms with Crippen molar-refractivity contribution in [3.05, 3.63) is 60.0 Å². The number of benzene rings is 2. The first-order valence-electron chi connectivity index (χ1n) is 8.23. The second-order valence-corrected chi connectivity index (χ2v) is 5.93. The van der Waals surface area contributed by atoms with E-state index < -0.39 is 6.61 Å². The zero-order valence-corrected chi connectivity index (χ0v) is 14.9. The topological polar surface area (TPSA) is 60.6 Å². The maximum atomic E-state index is 12.2. The maximum Gasteiger partial charge on any atom is 0.387 e. The number of ether oxygens (including phenoxy) is 2. The number of methoxy groups -OCH3 is 1. The van der Waals surface area contributed by atoms with E-state index in [2.05, 4.69) is 14.9 Å². The van der Waals surface area contributed by atoms with E-state index in [1.165, 1.54) is 12.1 Å². The highest BCUT2D eigenvalue weighted by Crippen LogP contribution is 2.20. The van der Waals surface area contributed by atoms with Gasteiger partial charge in [0.1, 0.15) is 11.5 Å². The third kappa shape index (κ3) is 5.24. The van der Waals surface area contributed by atoms with Gasteiger partial charge < -0.3 is 14.0 Å². The third-order valence-corrected chi connectivity index (χ3v) is 3.82. The van der Waals surface area contributed by atoms with Crippen molar-refractivity contribution in [2.45, 2.75) is 19.7 Å². The second-order valence-electron chi connectivity index (χ2n) is 5.93. The van der Waals surface area contributed by atoms with Crippen LogP contribution in [0.2, 0.25) is 0 Å². The van der Waals surface area contributed by atoms with Gasteiger partial charge in [-0.2, -0.15) is 13.8 Å². The van der Waals surface area contributed by atoms with Gasteiger partial charge in [-0.1, -0.05) is 17.3 Å². The molecule has 6 nitrogen and oxygen atoms in total. The molecule has 0 bridgehead atoms. The van der Waals surface area contributed by atoms with Crippen LogP contribution in [0.5, 0.6) is 11.5 Å². The van der Waals surface area contributed by atoms with Gasteiger partial charge >= 0.3 is 6.61 Å². The summed E-state index contributed by atoms with van der Waals surface area (Å²) >= 11 is 0. The number of alkyl halides is 2. The first-order chi connectivity index (χ1) is 13.0. The maximum absolute atomic E-state index is 12.2. The highest BCUT2D eigenvalue weighted by atomic mass is 19.3. The van der Waals surface area contributed by atoms with Gasteiger partial charge in [0, 0.05) is 12.1 Å². The Balaban J connectivity index is 1.57. The van der Waals surface area contributed by atoms with Crippen LogP contribution in [0.25, 0.3) is 11.4 Å². The van der Waals surface area contributed by atoms with Gasteiger partial charge in [-0.15, -0.1) is 0 Å². The van der Waals surface area contributed by atoms with Gasteiger partial charge in [0.15, 0.2) is 0 Å². The van der Waals surface area contributed by atoms with E-state index in [-0.39, 0.29) is 5.75 Å². The number of aromatic nitrogens is 2. The fourth-order valence-electron chi connectivity index (χ4n) is 2.55. The Morgan fingerprint density at radius 1 is 1.00 bits per heavy atom. The molecule has 0 amide bonds. The van der Waals surface area contributed by atoms with E-state index in [9.17, 15) is 8.78 Å². The van der Waals surface area contributed by atoms with Crippen LogP contribution in [-0.4, -0.2) is 35.8 Å². The summed E-state index contributed by atoms with van der Waals surface area (Å²) in [5.74, 6) is 1.89. The third-order valence-electron chi connectivity index (χ3n) is 3.82. The van der Waals surface area contributed by atoms with E-state index in [0.29, 0.717) is 24.8 Å². The van der Waals surface area contributed by atoms with Crippen molar-refractivity contribution >= 4 is 0 Å². The molecule has 0 unspecified atom stereocenters. The van der Waals surface area contributed by atoms with E-state index in [1.807, 2.05) is 36.2 Å². The molecule has 0 atom stereocenters. The lowest BCUT2D eigenvalue weighted by atomic mass is 10.2. The molecule has 0 spiro atoms. The van der Waals surface area contributed by atoms with E-state index in [4.69, 9.17) is 9.26 Å². The predicted octanol–water partition coefficient (Wildman–Crippen LogP) is 3.98. The van der Waals surface area contributed by atoms with Crippen LogP contribution in [0.4, 0.5) is 8.78 Å². The Kier molecular flexibility index (Phi) is 5.97. The summed E-state index contributed by atoms with van der Waals surface area (Å²) in [5, 5.41) is 4.00. The zero-order valence-electron chi connectivity index (χ0n) is 14.9. The average Bonchev–Trinajstić information content (AvgIpc) is 3.11. The molecule has 27 heavy (non-hydrogen) atoms. The molecule has 0 saturated heterocycles. The Bertz CT molecular complexity index is 851. The van der Waals surface area contributed by atoms with Crippen LogP contribution in [0, 0.1) is 0 Å². The van der Waals surface area contributed by atoms with Crippen LogP contribution in [0.1, 0.15) is 11.5 Å². The highest BCUT2D eigenvalue weighted by Gasteiger charge is 2.12. The minimum Gasteiger partial charge on any atom is -0.497 e. The Labute approximate surface area is 155 Å². The van der Waals surface area contributed by atoms with Crippen molar-refractivity contribution in [1.29, 1.82) is 0 Å². The standard InChI is InChI=1S/C19H19F2N3O3/c1-24(11-13-3-7-16(8-4-13)26-19(20)21)12-17-22-18(23-27-17)14-5-9-15(25-2)10-6-14/h3-10,19H,11-12H2,1-2H3. The number of halogens is 2. The highest BCUT2D eigenvalue weighted by molar-refractivity contribution is 5.55. The first kappa shape index (κ1) is 18.8. The Morgan fingerprint density at radius 3 is 2.30 bits per heavy atom. The van der Waals surface area contributed by atoms with Crippen LogP contribution < -0.4 is 9.47 Å². The van der Waals surface area contributed by atoms with Gasteiger partial charge in [-0.25, -0.2) is 0 Å². The van der Waals surface area contributed by atoms with Crippen LogP contribution in [0.15, 0.2) is 53.1 Å². The SMILES string of the molecule is COc1ccc(-c2noc(CN(C)Cc3ccc(OC(F)F)cc3)n2)cc1. The summed E-state index contributed by atoms with van der Waals surface area (Å²) in [5.41, 5.74) is 1.79. The molecular formula is C19H19F2N3O3. The lowest BCUT2D eigenvalue weighted by Crippen LogP contribution is -2.17. The molecule has 0 aliphatic rings. The van der Waals surface area contributed by atoms with E-state index >= 15 is 0 Å². The Morgan fingerprint density at radius 2 is 1.67 bits per heavy atom. The molecular weight excluding hydrogens is 356 g/mol. The van der Waals surface area contributed by atoms with Crippen molar-refractivity contribution in [1.82, 2.24) is 15.0 Å². The molecule has 2 aromatic carbocycles. The average molecular weight is 375 g/mol. The summed E-state index contributed by atoms with van der Waals surface area (Å²) in [6.07, 6.45) is 0. The summed E-state index contributed by atoms with van der Waals surface area (Å²) in [6.45, 7) is -1.77. The molecule has 8 heteroatoms. The number of hydrogen-bond donors (Lipinski definition) is 0. The Hall–Kier alpha value is -3.00. The minimum absolute atomic E-state index is 0.137. The molecule has 0 saturated carbocycles. The molecule has 142 valence electrons. The van der Waals surface area contributed by atoms with E-state index in [0.717, 1.165) is 16.9 Å². The summed E-state index contributed by atoms with van der Waals surface area (Å²) in [7, 11) is 3.51. The van der Waals surface area contributed by atoms with Crippen molar-refractivity contribution < 1.29 is 22.8 Å². The predicted molar refractivity (Wildman–Crippen MR) is 94.5 cm³/mol. The lowest BCUT2D eigenvalue weighted by Gasteiger charge is -2.14. The fourth-order valence-corrected chi connectivity index (χ4v) is 2.55. The number of hydrogen-bond acceptors (Lipinski definition) is 6. The van der Waals surface area contributed by atoms with Crippen LogP contribution in [-0.2, 0) is 13.1 Å². The van der Waals surface area contributed by atoms with Crippen LogP contribution >= 0.6 is 0 Å². The number of nitrogens with zero attached hydrogens (tertiary/aromatic N) is 3. The van der Waals surface area contributed by atoms with Gasteiger partial charge in [-0.05, 0) is 49.0 Å². The molecule has 0 N–H and O–H groups in total. The minimum atomic E-state index is -2.82. The normalized spacial score (nSPS) is 11.2. The molecule has 1 aromatic heterocycles. The zero-order chi connectivity index (χ0) is 19.2. The number of rotatable bonds is 8.